The van der Waals surface area contributed by atoms with Crippen LogP contribution >= 0.6 is 0 Å². The zero-order valence-electron chi connectivity index (χ0n) is 9.75. The molecule has 4 heteroatoms. The van der Waals surface area contributed by atoms with Gasteiger partial charge in [-0.3, -0.25) is 9.97 Å². The van der Waals surface area contributed by atoms with Crippen molar-refractivity contribution < 1.29 is 5.21 Å². The average molecular weight is 227 g/mol. The van der Waals surface area contributed by atoms with Gasteiger partial charge in [0, 0.05) is 12.4 Å². The first kappa shape index (κ1) is 11.3. The van der Waals surface area contributed by atoms with Gasteiger partial charge in [0.25, 0.3) is 0 Å². The van der Waals surface area contributed by atoms with Crippen LogP contribution in [0.3, 0.4) is 0 Å². The molecule has 2 rings (SSSR count). The molecule has 17 heavy (non-hydrogen) atoms. The average Bonchev–Trinajstić information content (AvgIpc) is 2.34. The Morgan fingerprint density at radius 2 is 1.47 bits per heavy atom. The number of pyridine rings is 2. The van der Waals surface area contributed by atoms with Crippen LogP contribution in [0.1, 0.15) is 22.5 Å². The van der Waals surface area contributed by atoms with Gasteiger partial charge in [0.15, 0.2) is 5.71 Å². The Kier molecular flexibility index (Phi) is 3.14. The van der Waals surface area contributed by atoms with Crippen LogP contribution in [0.25, 0.3) is 0 Å². The second-order valence-corrected chi connectivity index (χ2v) is 3.79. The number of rotatable bonds is 2. The standard InChI is InChI=1S/C13H13N3O/c1-9-5-3-7-14-11(9)13(16-17)12-10(2)6-4-8-15-12/h3-8,17H,1-2H3. The lowest BCUT2D eigenvalue weighted by Crippen LogP contribution is -2.11. The minimum Gasteiger partial charge on any atom is -0.410 e. The molecule has 0 aliphatic heterocycles. The molecule has 0 unspecified atom stereocenters. The molecule has 2 aromatic rings. The van der Waals surface area contributed by atoms with E-state index < -0.39 is 0 Å². The molecule has 1 N–H and O–H groups in total. The molecule has 0 saturated heterocycles. The van der Waals surface area contributed by atoms with E-state index in [2.05, 4.69) is 15.1 Å². The highest BCUT2D eigenvalue weighted by Crippen LogP contribution is 2.13. The summed E-state index contributed by atoms with van der Waals surface area (Å²) in [5.74, 6) is 0. The van der Waals surface area contributed by atoms with Crippen molar-refractivity contribution in [3.63, 3.8) is 0 Å². The zero-order valence-corrected chi connectivity index (χ0v) is 9.75. The highest BCUT2D eigenvalue weighted by molar-refractivity contribution is 6.11. The minimum absolute atomic E-state index is 0.404. The van der Waals surface area contributed by atoms with Gasteiger partial charge in [-0.15, -0.1) is 0 Å². The summed E-state index contributed by atoms with van der Waals surface area (Å²) in [4.78, 5) is 8.47. The summed E-state index contributed by atoms with van der Waals surface area (Å²) in [6.45, 7) is 3.84. The molecule has 0 aromatic carbocycles. The van der Waals surface area contributed by atoms with Gasteiger partial charge < -0.3 is 5.21 Å². The molecule has 2 aromatic heterocycles. The minimum atomic E-state index is 0.404. The Morgan fingerprint density at radius 3 is 1.82 bits per heavy atom. The third-order valence-corrected chi connectivity index (χ3v) is 2.57. The van der Waals surface area contributed by atoms with Crippen molar-refractivity contribution in [2.75, 3.05) is 0 Å². The maximum atomic E-state index is 9.19. The maximum Gasteiger partial charge on any atom is 0.154 e. The van der Waals surface area contributed by atoms with E-state index in [9.17, 15) is 5.21 Å². The van der Waals surface area contributed by atoms with Crippen LogP contribution in [0.5, 0.6) is 0 Å². The van der Waals surface area contributed by atoms with Gasteiger partial charge in [0.1, 0.15) is 0 Å². The smallest absolute Gasteiger partial charge is 0.154 e. The molecule has 0 radical (unpaired) electrons. The second kappa shape index (κ2) is 4.74. The van der Waals surface area contributed by atoms with Crippen molar-refractivity contribution in [3.05, 3.63) is 59.2 Å². The lowest BCUT2D eigenvalue weighted by Gasteiger charge is -2.08. The Hall–Kier alpha value is -2.23. The first-order valence-electron chi connectivity index (χ1n) is 5.30. The van der Waals surface area contributed by atoms with Crippen molar-refractivity contribution >= 4 is 5.71 Å². The van der Waals surface area contributed by atoms with E-state index in [1.807, 2.05) is 38.1 Å². The van der Waals surface area contributed by atoms with E-state index in [-0.39, 0.29) is 0 Å². The van der Waals surface area contributed by atoms with E-state index in [0.717, 1.165) is 11.1 Å². The monoisotopic (exact) mass is 227 g/mol. The third-order valence-electron chi connectivity index (χ3n) is 2.57. The molecule has 2 heterocycles. The van der Waals surface area contributed by atoms with Crippen LogP contribution in [-0.4, -0.2) is 20.9 Å². The number of aryl methyl sites for hydroxylation is 2. The number of nitrogens with zero attached hydrogens (tertiary/aromatic N) is 3. The Labute approximate surface area is 99.7 Å². The van der Waals surface area contributed by atoms with Crippen LogP contribution in [-0.2, 0) is 0 Å². The molecule has 0 aliphatic carbocycles. The SMILES string of the molecule is Cc1cccnc1C(=NO)c1ncccc1C. The van der Waals surface area contributed by atoms with E-state index in [1.165, 1.54) is 0 Å². The van der Waals surface area contributed by atoms with E-state index >= 15 is 0 Å². The topological polar surface area (TPSA) is 58.4 Å². The number of hydrogen-bond donors (Lipinski definition) is 1. The lowest BCUT2D eigenvalue weighted by molar-refractivity contribution is 0.319. The van der Waals surface area contributed by atoms with Gasteiger partial charge >= 0.3 is 0 Å². The molecular formula is C13H13N3O. The number of hydrogen-bond acceptors (Lipinski definition) is 4. The Balaban J connectivity index is 2.57. The molecule has 4 nitrogen and oxygen atoms in total. The molecule has 0 bridgehead atoms. The van der Waals surface area contributed by atoms with Crippen molar-refractivity contribution in [3.8, 4) is 0 Å². The second-order valence-electron chi connectivity index (χ2n) is 3.79. The molecular weight excluding hydrogens is 214 g/mol. The van der Waals surface area contributed by atoms with Gasteiger partial charge in [0.2, 0.25) is 0 Å². The van der Waals surface area contributed by atoms with Crippen molar-refractivity contribution in [2.45, 2.75) is 13.8 Å². The Morgan fingerprint density at radius 1 is 1.00 bits per heavy atom. The molecule has 0 saturated carbocycles. The molecule has 0 fully saturated rings. The van der Waals surface area contributed by atoms with Crippen LogP contribution in [0.4, 0.5) is 0 Å². The summed E-state index contributed by atoms with van der Waals surface area (Å²) in [6, 6.07) is 7.54. The van der Waals surface area contributed by atoms with Crippen LogP contribution in [0, 0.1) is 13.8 Å². The summed E-state index contributed by atoms with van der Waals surface area (Å²) < 4.78 is 0. The predicted molar refractivity (Wildman–Crippen MR) is 65.4 cm³/mol. The van der Waals surface area contributed by atoms with Gasteiger partial charge in [-0.2, -0.15) is 0 Å². The summed E-state index contributed by atoms with van der Waals surface area (Å²) in [6.07, 6.45) is 3.34. The van der Waals surface area contributed by atoms with Gasteiger partial charge in [-0.25, -0.2) is 0 Å². The predicted octanol–water partition coefficient (Wildman–Crippen LogP) is 2.32. The number of aromatic nitrogens is 2. The lowest BCUT2D eigenvalue weighted by atomic mass is 10.0. The van der Waals surface area contributed by atoms with Gasteiger partial charge in [-0.05, 0) is 37.1 Å². The highest BCUT2D eigenvalue weighted by Gasteiger charge is 2.14. The molecule has 0 aliphatic rings. The fourth-order valence-electron chi connectivity index (χ4n) is 1.67. The quantitative estimate of drug-likeness (QED) is 0.486. The Bertz CT molecular complexity index is 517. The normalized spacial score (nSPS) is 10.0. The van der Waals surface area contributed by atoms with E-state index in [0.29, 0.717) is 17.1 Å². The van der Waals surface area contributed by atoms with Gasteiger partial charge in [-0.1, -0.05) is 17.3 Å². The summed E-state index contributed by atoms with van der Waals surface area (Å²) in [5, 5.41) is 12.5. The third kappa shape index (κ3) is 2.15. The maximum absolute atomic E-state index is 9.19. The molecule has 0 spiro atoms. The van der Waals surface area contributed by atoms with E-state index in [4.69, 9.17) is 0 Å². The zero-order chi connectivity index (χ0) is 12.3. The summed E-state index contributed by atoms with van der Waals surface area (Å²) in [5.41, 5.74) is 3.60. The first-order valence-corrected chi connectivity index (χ1v) is 5.30. The van der Waals surface area contributed by atoms with E-state index in [1.54, 1.807) is 12.4 Å². The van der Waals surface area contributed by atoms with Crippen molar-refractivity contribution in [1.82, 2.24) is 9.97 Å². The molecule has 86 valence electrons. The summed E-state index contributed by atoms with van der Waals surface area (Å²) in [7, 11) is 0. The number of oxime groups is 1. The van der Waals surface area contributed by atoms with Gasteiger partial charge in [0.05, 0.1) is 11.4 Å². The van der Waals surface area contributed by atoms with Crippen LogP contribution < -0.4 is 0 Å². The molecule has 0 amide bonds. The fourth-order valence-corrected chi connectivity index (χ4v) is 1.67. The van der Waals surface area contributed by atoms with Crippen molar-refractivity contribution in [2.24, 2.45) is 5.16 Å². The van der Waals surface area contributed by atoms with Crippen molar-refractivity contribution in [1.29, 1.82) is 0 Å². The summed E-state index contributed by atoms with van der Waals surface area (Å²) >= 11 is 0. The van der Waals surface area contributed by atoms with Crippen LogP contribution in [0.15, 0.2) is 41.8 Å². The van der Waals surface area contributed by atoms with Crippen LogP contribution in [0.2, 0.25) is 0 Å². The first-order chi connectivity index (χ1) is 8.24. The largest absolute Gasteiger partial charge is 0.410 e. The highest BCUT2D eigenvalue weighted by atomic mass is 16.4. The fraction of sp³-hybridized carbons (Fsp3) is 0.154. The molecule has 0 atom stereocenters.